The Morgan fingerprint density at radius 2 is 2.16 bits per heavy atom. The second kappa shape index (κ2) is 6.28. The number of hydrazine groups is 2. The Morgan fingerprint density at radius 3 is 2.84 bits per heavy atom. The Balaban J connectivity index is 0.000000297. The fraction of sp³-hybridized carbons (Fsp3) is 0.333. The lowest BCUT2D eigenvalue weighted by molar-refractivity contribution is -0.491. The summed E-state index contributed by atoms with van der Waals surface area (Å²) in [5, 5.41) is 7.58. The van der Waals surface area contributed by atoms with E-state index in [0.717, 1.165) is 13.0 Å². The third-order valence-corrected chi connectivity index (χ3v) is 3.12. The smallest absolute Gasteiger partial charge is 0.154 e. The second-order valence-electron chi connectivity index (χ2n) is 4.29. The molecule has 2 unspecified atom stereocenters. The number of benzene rings is 1. The van der Waals surface area contributed by atoms with Crippen molar-refractivity contribution in [2.75, 3.05) is 6.61 Å². The van der Waals surface area contributed by atoms with Crippen LogP contribution in [0.1, 0.15) is 23.5 Å². The molecule has 1 aromatic carbocycles. The van der Waals surface area contributed by atoms with Gasteiger partial charge in [0.25, 0.3) is 0 Å². The van der Waals surface area contributed by atoms with Gasteiger partial charge in [0.2, 0.25) is 0 Å². The molecule has 0 bridgehead atoms. The highest BCUT2D eigenvalue weighted by Crippen LogP contribution is 2.33. The van der Waals surface area contributed by atoms with Crippen LogP contribution in [0.25, 0.3) is 6.08 Å². The molecule has 2 aliphatic rings. The van der Waals surface area contributed by atoms with Crippen molar-refractivity contribution in [1.29, 1.82) is 0 Å². The number of hydrogen-bond acceptors (Lipinski definition) is 5. The Kier molecular flexibility index (Phi) is 4.45. The predicted molar refractivity (Wildman–Crippen MR) is 70.0 cm³/mol. The van der Waals surface area contributed by atoms with Crippen molar-refractivity contribution in [3.8, 4) is 0 Å². The van der Waals surface area contributed by atoms with Crippen molar-refractivity contribution in [3.63, 3.8) is 0 Å². The van der Waals surface area contributed by atoms with E-state index in [1.54, 1.807) is 0 Å². The molecule has 0 amide bonds. The molecular formula is C12H16N4O3. The summed E-state index contributed by atoms with van der Waals surface area (Å²) in [5.74, 6) is 4.30. The summed E-state index contributed by atoms with van der Waals surface area (Å²) in [4.78, 5) is 13.6. The average molecular weight is 264 g/mol. The van der Waals surface area contributed by atoms with Crippen LogP contribution in [-0.4, -0.2) is 17.7 Å². The van der Waals surface area contributed by atoms with E-state index in [4.69, 9.17) is 15.0 Å². The first-order valence-electron chi connectivity index (χ1n) is 5.97. The zero-order chi connectivity index (χ0) is 13.7. The van der Waals surface area contributed by atoms with Crippen molar-refractivity contribution in [2.45, 2.75) is 18.4 Å². The second-order valence-corrected chi connectivity index (χ2v) is 4.29. The number of hydrogen-bond donors (Lipinski definition) is 3. The zero-order valence-electron chi connectivity index (χ0n) is 10.3. The van der Waals surface area contributed by atoms with E-state index in [9.17, 15) is 0 Å². The lowest BCUT2D eigenvalue weighted by Gasteiger charge is -2.28. The number of rotatable bonds is 1. The van der Waals surface area contributed by atoms with Gasteiger partial charge in [-0.05, 0) is 17.5 Å². The van der Waals surface area contributed by atoms with E-state index >= 15 is 0 Å². The number of fused-ring (bicyclic) bond motifs is 1. The number of nitrogens with two attached hydrogens (primary N) is 1. The van der Waals surface area contributed by atoms with Gasteiger partial charge < -0.3 is 0 Å². The molecule has 1 fully saturated rings. The van der Waals surface area contributed by atoms with Crippen molar-refractivity contribution < 1.29 is 9.87 Å². The minimum absolute atomic E-state index is 0.429. The summed E-state index contributed by atoms with van der Waals surface area (Å²) in [6, 6.07) is 8.99. The van der Waals surface area contributed by atoms with E-state index in [0.29, 0.717) is 12.0 Å². The Hall–Kier alpha value is -1.96. The van der Waals surface area contributed by atoms with Gasteiger partial charge in [0.05, 0.1) is 6.61 Å². The molecule has 1 aliphatic carbocycles. The van der Waals surface area contributed by atoms with Crippen molar-refractivity contribution in [3.05, 3.63) is 51.6 Å². The number of nitrogens with zero attached hydrogens (tertiary/aromatic N) is 1. The normalized spacial score (nSPS) is 24.2. The molecule has 0 spiro atoms. The van der Waals surface area contributed by atoms with Gasteiger partial charge in [-0.15, -0.1) is 5.59 Å². The number of nitrogens with one attached hydrogen (secondary N) is 2. The monoisotopic (exact) mass is 264 g/mol. The molecule has 0 saturated carbocycles. The third-order valence-electron chi connectivity index (χ3n) is 3.12. The van der Waals surface area contributed by atoms with Gasteiger partial charge in [-0.2, -0.15) is 5.84 Å². The molecule has 1 aliphatic heterocycles. The molecule has 0 radical (unpaired) electrons. The minimum atomic E-state index is -1.00. The van der Waals surface area contributed by atoms with Gasteiger partial charge in [-0.25, -0.2) is 15.5 Å². The van der Waals surface area contributed by atoms with Crippen molar-refractivity contribution in [2.24, 2.45) is 5.84 Å². The maximum Gasteiger partial charge on any atom is 0.154 e. The van der Waals surface area contributed by atoms with Gasteiger partial charge >= 0.3 is 0 Å². The predicted octanol–water partition coefficient (Wildman–Crippen LogP) is 0.732. The summed E-state index contributed by atoms with van der Waals surface area (Å²) < 4.78 is 0. The van der Waals surface area contributed by atoms with Crippen LogP contribution < -0.4 is 16.9 Å². The largest absolute Gasteiger partial charge is 0.287 e. The molecule has 0 aromatic heterocycles. The summed E-state index contributed by atoms with van der Waals surface area (Å²) in [6.07, 6.45) is 5.52. The molecule has 1 saturated heterocycles. The fourth-order valence-corrected chi connectivity index (χ4v) is 2.32. The first kappa shape index (κ1) is 13.5. The van der Waals surface area contributed by atoms with Crippen LogP contribution in [-0.2, 0) is 4.84 Å². The zero-order valence-corrected chi connectivity index (χ0v) is 10.3. The molecule has 4 N–H and O–H groups in total. The first-order valence-corrected chi connectivity index (χ1v) is 5.97. The van der Waals surface area contributed by atoms with Gasteiger partial charge in [0.1, 0.15) is 0 Å². The highest BCUT2D eigenvalue weighted by molar-refractivity contribution is 5.62. The average Bonchev–Trinajstić information content (AvgIpc) is 2.83. The molecule has 1 heterocycles. The SMILES string of the molecule is C1=CC(C2CCONN2)c2ccccc21.N[N+](=O)[O-]. The van der Waals surface area contributed by atoms with Crippen molar-refractivity contribution in [1.82, 2.24) is 11.0 Å². The Morgan fingerprint density at radius 1 is 1.42 bits per heavy atom. The molecule has 3 rings (SSSR count). The van der Waals surface area contributed by atoms with Gasteiger partial charge in [0, 0.05) is 12.0 Å². The molecule has 1 aromatic rings. The highest BCUT2D eigenvalue weighted by atomic mass is 16.7. The lowest BCUT2D eigenvalue weighted by Crippen LogP contribution is -2.48. The van der Waals surface area contributed by atoms with E-state index in [-0.39, 0.29) is 0 Å². The Bertz CT molecular complexity index is 468. The fourth-order valence-electron chi connectivity index (χ4n) is 2.32. The molecule has 102 valence electrons. The van der Waals surface area contributed by atoms with Gasteiger partial charge in [0.15, 0.2) is 5.03 Å². The van der Waals surface area contributed by atoms with Crippen LogP contribution in [0.5, 0.6) is 0 Å². The maximum atomic E-state index is 8.58. The lowest BCUT2D eigenvalue weighted by atomic mass is 9.92. The van der Waals surface area contributed by atoms with E-state index in [1.165, 1.54) is 11.1 Å². The van der Waals surface area contributed by atoms with Crippen LogP contribution in [0.2, 0.25) is 0 Å². The van der Waals surface area contributed by atoms with Crippen LogP contribution >= 0.6 is 0 Å². The highest BCUT2D eigenvalue weighted by Gasteiger charge is 2.27. The Labute approximate surface area is 110 Å². The van der Waals surface area contributed by atoms with Crippen molar-refractivity contribution >= 4 is 6.08 Å². The van der Waals surface area contributed by atoms with E-state index in [1.807, 2.05) is 0 Å². The topological polar surface area (TPSA) is 102 Å². The summed E-state index contributed by atoms with van der Waals surface area (Å²) in [6.45, 7) is 0.768. The molecule has 7 nitrogen and oxygen atoms in total. The van der Waals surface area contributed by atoms with Crippen LogP contribution in [0.4, 0.5) is 0 Å². The van der Waals surface area contributed by atoms with E-state index in [2.05, 4.69) is 53.3 Å². The molecular weight excluding hydrogens is 248 g/mol. The number of nitro groups is 1. The van der Waals surface area contributed by atoms with E-state index < -0.39 is 5.03 Å². The summed E-state index contributed by atoms with van der Waals surface area (Å²) in [5.41, 5.74) is 8.70. The molecule has 2 atom stereocenters. The first-order chi connectivity index (χ1) is 9.18. The van der Waals surface area contributed by atoms with Crippen LogP contribution in [0.15, 0.2) is 30.3 Å². The van der Waals surface area contributed by atoms with Gasteiger partial charge in [-0.1, -0.05) is 36.4 Å². The van der Waals surface area contributed by atoms with Crippen LogP contribution in [0, 0.1) is 10.1 Å². The van der Waals surface area contributed by atoms with Gasteiger partial charge in [-0.3, -0.25) is 4.84 Å². The quantitative estimate of drug-likeness (QED) is 0.392. The van der Waals surface area contributed by atoms with Crippen LogP contribution in [0.3, 0.4) is 0 Å². The summed E-state index contributed by atoms with van der Waals surface area (Å²) >= 11 is 0. The molecule has 19 heavy (non-hydrogen) atoms. The molecule has 7 heteroatoms. The minimum Gasteiger partial charge on any atom is -0.287 e. The summed E-state index contributed by atoms with van der Waals surface area (Å²) in [7, 11) is 0. The standard InChI is InChI=1S/C12H14N2O.H2N2O2/c1-2-4-10-9(3-1)5-6-11(10)12-7-8-15-14-13-12;1-2(3)4/h1-6,11-14H,7-8H2;1H2. The maximum absolute atomic E-state index is 8.58. The third kappa shape index (κ3) is 3.50.